The summed E-state index contributed by atoms with van der Waals surface area (Å²) in [5, 5.41) is 3.59. The molecule has 0 aliphatic rings. The lowest BCUT2D eigenvalue weighted by molar-refractivity contribution is -0.134. The van der Waals surface area contributed by atoms with Gasteiger partial charge in [0.15, 0.2) is 5.60 Å². The van der Waals surface area contributed by atoms with Gasteiger partial charge in [-0.25, -0.2) is 0 Å². The van der Waals surface area contributed by atoms with Gasteiger partial charge in [-0.05, 0) is 58.6 Å². The maximum Gasteiger partial charge on any atom is 0.263 e. The van der Waals surface area contributed by atoms with Gasteiger partial charge in [0.05, 0.1) is 0 Å². The Hall–Kier alpha value is -0.560. The first-order chi connectivity index (χ1) is 11.3. The Kier molecular flexibility index (Phi) is 9.96. The van der Waals surface area contributed by atoms with E-state index in [4.69, 9.17) is 16.3 Å². The number of hydrogen-bond acceptors (Lipinski definition) is 5. The van der Waals surface area contributed by atoms with Crippen molar-refractivity contribution in [2.75, 3.05) is 38.7 Å². The highest BCUT2D eigenvalue weighted by Gasteiger charge is 2.29. The maximum atomic E-state index is 12.3. The number of carbonyl (C=O) groups excluding carboxylic acids is 1. The summed E-state index contributed by atoms with van der Waals surface area (Å²) in [4.78, 5) is 14.4. The van der Waals surface area contributed by atoms with Crippen molar-refractivity contribution in [3.05, 3.63) is 29.3 Å². The van der Waals surface area contributed by atoms with Gasteiger partial charge in [0, 0.05) is 29.6 Å². The molecule has 0 fully saturated rings. The summed E-state index contributed by atoms with van der Waals surface area (Å²) in [6, 6.07) is 7.02. The fraction of sp³-hybridized carbons (Fsp3) is 0.588. The number of rotatable bonds is 11. The number of hydrogen-bond donors (Lipinski definition) is 1. The summed E-state index contributed by atoms with van der Waals surface area (Å²) >= 11 is 5.85. The first kappa shape index (κ1) is 21.5. The Morgan fingerprint density at radius 1 is 1.21 bits per heavy atom. The van der Waals surface area contributed by atoms with Crippen LogP contribution in [0.2, 0.25) is 5.02 Å². The molecule has 0 aliphatic heterocycles. The molecule has 0 saturated heterocycles. The lowest BCUT2D eigenvalue weighted by atomic mass is 10.1. The topological polar surface area (TPSA) is 41.6 Å². The zero-order valence-corrected chi connectivity index (χ0v) is 17.2. The minimum Gasteiger partial charge on any atom is -0.478 e. The quantitative estimate of drug-likeness (QED) is 0.457. The van der Waals surface area contributed by atoms with Crippen LogP contribution in [0.1, 0.15) is 20.3 Å². The zero-order chi connectivity index (χ0) is 18.0. The van der Waals surface area contributed by atoms with Crippen LogP contribution < -0.4 is 10.1 Å². The van der Waals surface area contributed by atoms with Crippen LogP contribution in [0.15, 0.2) is 24.3 Å². The van der Waals surface area contributed by atoms with Crippen molar-refractivity contribution in [2.45, 2.75) is 25.9 Å². The first-order valence-corrected chi connectivity index (χ1v) is 10.8. The fourth-order valence-electron chi connectivity index (χ4n) is 1.73. The molecule has 0 aliphatic carbocycles. The SMILES string of the molecule is CN(C)CCSSCCCNC(=O)C(C)(C)Oc1ccc(Cl)cc1. The Bertz CT molecular complexity index is 496. The van der Waals surface area contributed by atoms with Crippen LogP contribution in [0.5, 0.6) is 5.75 Å². The van der Waals surface area contributed by atoms with Gasteiger partial charge in [0.1, 0.15) is 5.75 Å². The molecule has 0 atom stereocenters. The minimum atomic E-state index is -0.915. The number of amides is 1. The van der Waals surface area contributed by atoms with E-state index in [1.165, 1.54) is 0 Å². The number of carbonyl (C=O) groups is 1. The molecule has 1 aromatic carbocycles. The average molecular weight is 391 g/mol. The molecule has 24 heavy (non-hydrogen) atoms. The molecule has 1 rings (SSSR count). The molecule has 4 nitrogen and oxygen atoms in total. The molecule has 1 N–H and O–H groups in total. The van der Waals surface area contributed by atoms with Crippen LogP contribution >= 0.6 is 33.2 Å². The predicted molar refractivity (Wildman–Crippen MR) is 107 cm³/mol. The molecule has 0 unspecified atom stereocenters. The third-order valence-electron chi connectivity index (χ3n) is 3.13. The lowest BCUT2D eigenvalue weighted by Crippen LogP contribution is -2.46. The zero-order valence-electron chi connectivity index (χ0n) is 14.8. The molecule has 0 saturated carbocycles. The molecule has 0 radical (unpaired) electrons. The minimum absolute atomic E-state index is 0.109. The second kappa shape index (κ2) is 11.1. The van der Waals surface area contributed by atoms with Gasteiger partial charge in [-0.3, -0.25) is 4.79 Å². The smallest absolute Gasteiger partial charge is 0.263 e. The summed E-state index contributed by atoms with van der Waals surface area (Å²) in [7, 11) is 7.88. The summed E-state index contributed by atoms with van der Waals surface area (Å²) in [5.74, 6) is 2.66. The molecule has 0 heterocycles. The number of ether oxygens (including phenoxy) is 1. The summed E-state index contributed by atoms with van der Waals surface area (Å²) in [5.41, 5.74) is -0.915. The Labute approximate surface area is 158 Å². The summed E-state index contributed by atoms with van der Waals surface area (Å²) in [6.07, 6.45) is 0.947. The van der Waals surface area contributed by atoms with Gasteiger partial charge in [-0.15, -0.1) is 0 Å². The van der Waals surface area contributed by atoms with Crippen LogP contribution in [0.25, 0.3) is 0 Å². The van der Waals surface area contributed by atoms with Crippen molar-refractivity contribution < 1.29 is 9.53 Å². The van der Waals surface area contributed by atoms with Gasteiger partial charge in [-0.2, -0.15) is 0 Å². The van der Waals surface area contributed by atoms with E-state index in [1.54, 1.807) is 38.1 Å². The van der Waals surface area contributed by atoms with E-state index in [2.05, 4.69) is 24.3 Å². The van der Waals surface area contributed by atoms with E-state index in [0.29, 0.717) is 17.3 Å². The predicted octanol–water partition coefficient (Wildman–Crippen LogP) is 3.95. The monoisotopic (exact) mass is 390 g/mol. The molecular formula is C17H27ClN2O2S2. The van der Waals surface area contributed by atoms with Crippen molar-refractivity contribution in [2.24, 2.45) is 0 Å². The van der Waals surface area contributed by atoms with Crippen molar-refractivity contribution in [3.63, 3.8) is 0 Å². The highest BCUT2D eigenvalue weighted by atomic mass is 35.5. The van der Waals surface area contributed by atoms with Crippen LogP contribution in [0.4, 0.5) is 0 Å². The normalized spacial score (nSPS) is 11.6. The second-order valence-electron chi connectivity index (χ2n) is 6.12. The standard InChI is InChI=1S/C17H27ClN2O2S2/c1-17(2,22-15-8-6-14(18)7-9-15)16(21)19-10-5-12-23-24-13-11-20(3)4/h6-9H,5,10-13H2,1-4H3,(H,19,21). The van der Waals surface area contributed by atoms with Gasteiger partial charge >= 0.3 is 0 Å². The van der Waals surface area contributed by atoms with Crippen LogP contribution in [0, 0.1) is 0 Å². The van der Waals surface area contributed by atoms with Crippen LogP contribution in [0.3, 0.4) is 0 Å². The Morgan fingerprint density at radius 3 is 2.46 bits per heavy atom. The summed E-state index contributed by atoms with van der Waals surface area (Å²) < 4.78 is 5.77. The average Bonchev–Trinajstić information content (AvgIpc) is 2.51. The fourth-order valence-corrected chi connectivity index (χ4v) is 4.08. The molecule has 0 spiro atoms. The molecule has 1 amide bonds. The Balaban J connectivity index is 2.20. The van der Waals surface area contributed by atoms with Crippen LogP contribution in [-0.4, -0.2) is 55.1 Å². The van der Waals surface area contributed by atoms with E-state index in [-0.39, 0.29) is 5.91 Å². The molecule has 136 valence electrons. The molecule has 7 heteroatoms. The highest BCUT2D eigenvalue weighted by Crippen LogP contribution is 2.22. The first-order valence-electron chi connectivity index (χ1n) is 7.93. The van der Waals surface area contributed by atoms with Crippen molar-refractivity contribution >= 4 is 39.1 Å². The van der Waals surface area contributed by atoms with Gasteiger partial charge in [0.2, 0.25) is 0 Å². The van der Waals surface area contributed by atoms with Crippen molar-refractivity contribution in [1.29, 1.82) is 0 Å². The largest absolute Gasteiger partial charge is 0.478 e. The summed E-state index contributed by atoms with van der Waals surface area (Å²) in [6.45, 7) is 5.28. The van der Waals surface area contributed by atoms with Gasteiger partial charge in [0.25, 0.3) is 5.91 Å². The third kappa shape index (κ3) is 9.06. The van der Waals surface area contributed by atoms with E-state index in [1.807, 2.05) is 21.6 Å². The Morgan fingerprint density at radius 2 is 1.83 bits per heavy atom. The van der Waals surface area contributed by atoms with E-state index in [0.717, 1.165) is 24.5 Å². The molecular weight excluding hydrogens is 364 g/mol. The molecule has 0 bridgehead atoms. The van der Waals surface area contributed by atoms with E-state index < -0.39 is 5.60 Å². The molecule has 0 aromatic heterocycles. The lowest BCUT2D eigenvalue weighted by Gasteiger charge is -2.25. The number of halogens is 1. The maximum absolute atomic E-state index is 12.3. The van der Waals surface area contributed by atoms with Crippen LogP contribution in [-0.2, 0) is 4.79 Å². The van der Waals surface area contributed by atoms with Crippen molar-refractivity contribution in [3.8, 4) is 5.75 Å². The van der Waals surface area contributed by atoms with Crippen molar-refractivity contribution in [1.82, 2.24) is 10.2 Å². The number of benzene rings is 1. The van der Waals surface area contributed by atoms with Gasteiger partial charge < -0.3 is 15.0 Å². The molecule has 1 aromatic rings. The third-order valence-corrected chi connectivity index (χ3v) is 5.85. The second-order valence-corrected chi connectivity index (χ2v) is 9.26. The van der Waals surface area contributed by atoms with E-state index in [9.17, 15) is 4.79 Å². The number of nitrogens with one attached hydrogen (secondary N) is 1. The van der Waals surface area contributed by atoms with Gasteiger partial charge in [-0.1, -0.05) is 33.2 Å². The highest BCUT2D eigenvalue weighted by molar-refractivity contribution is 8.76. The van der Waals surface area contributed by atoms with E-state index >= 15 is 0 Å². The number of nitrogens with zero attached hydrogens (tertiary/aromatic N) is 1.